The Morgan fingerprint density at radius 1 is 1.06 bits per heavy atom. The first-order chi connectivity index (χ1) is 14.5. The van der Waals surface area contributed by atoms with Gasteiger partial charge in [0.2, 0.25) is 11.8 Å². The molecule has 0 saturated carbocycles. The number of hydrogen-bond donors (Lipinski definition) is 2. The molecule has 3 rings (SSSR count). The molecule has 2 aromatic rings. The Morgan fingerprint density at radius 3 is 2.45 bits per heavy atom. The molecule has 0 bridgehead atoms. The molecule has 1 fully saturated rings. The molecule has 1 heterocycles. The van der Waals surface area contributed by atoms with E-state index >= 15 is 0 Å². The summed E-state index contributed by atoms with van der Waals surface area (Å²) in [5.74, 6) is -2.90. The molecule has 2 N–H and O–H groups in total. The number of nitrogens with zero attached hydrogens (tertiary/aromatic N) is 1. The predicted molar refractivity (Wildman–Crippen MR) is 112 cm³/mol. The molecular weight excluding hydrogens is 408 g/mol. The van der Waals surface area contributed by atoms with Crippen LogP contribution in [0.5, 0.6) is 0 Å². The molecule has 1 saturated heterocycles. The number of ether oxygens (including phenoxy) is 1. The van der Waals surface area contributed by atoms with Crippen molar-refractivity contribution >= 4 is 35.0 Å². The number of halogens is 2. The number of rotatable bonds is 4. The highest BCUT2D eigenvalue weighted by Crippen LogP contribution is 2.29. The molecule has 0 radical (unpaired) electrons. The molecule has 164 valence electrons. The van der Waals surface area contributed by atoms with Crippen molar-refractivity contribution in [2.75, 3.05) is 22.1 Å². The summed E-state index contributed by atoms with van der Waals surface area (Å²) in [6, 6.07) is 9.27. The molecule has 0 spiro atoms. The molecule has 3 amide bonds. The molecular formula is C22H23F2N3O4. The Morgan fingerprint density at radius 2 is 1.77 bits per heavy atom. The molecule has 0 aliphatic carbocycles. The van der Waals surface area contributed by atoms with Gasteiger partial charge < -0.3 is 15.0 Å². The maximum atomic E-state index is 14.0. The quantitative estimate of drug-likeness (QED) is 0.756. The lowest BCUT2D eigenvalue weighted by Crippen LogP contribution is -2.29. The van der Waals surface area contributed by atoms with Crippen LogP contribution in [-0.2, 0) is 14.3 Å². The highest BCUT2D eigenvalue weighted by molar-refractivity contribution is 6.05. The summed E-state index contributed by atoms with van der Waals surface area (Å²) in [5, 5.41) is 5.02. The summed E-state index contributed by atoms with van der Waals surface area (Å²) >= 11 is 0. The monoisotopic (exact) mass is 431 g/mol. The number of carbonyl (C=O) groups is 3. The smallest absolute Gasteiger partial charge is 0.412 e. The van der Waals surface area contributed by atoms with Crippen molar-refractivity contribution in [3.63, 3.8) is 0 Å². The summed E-state index contributed by atoms with van der Waals surface area (Å²) in [7, 11) is 0. The fraction of sp³-hybridized carbons (Fsp3) is 0.318. The summed E-state index contributed by atoms with van der Waals surface area (Å²) in [6.07, 6.45) is -0.888. The molecule has 1 unspecified atom stereocenters. The van der Waals surface area contributed by atoms with Gasteiger partial charge in [-0.2, -0.15) is 0 Å². The lowest BCUT2D eigenvalue weighted by Gasteiger charge is -2.21. The van der Waals surface area contributed by atoms with E-state index in [2.05, 4.69) is 10.6 Å². The fourth-order valence-corrected chi connectivity index (χ4v) is 3.16. The Hall–Kier alpha value is -3.49. The molecule has 7 nitrogen and oxygen atoms in total. The summed E-state index contributed by atoms with van der Waals surface area (Å²) < 4.78 is 33.0. The third-order valence-electron chi connectivity index (χ3n) is 4.51. The van der Waals surface area contributed by atoms with Gasteiger partial charge in [-0.1, -0.05) is 12.1 Å². The molecule has 31 heavy (non-hydrogen) atoms. The van der Waals surface area contributed by atoms with Crippen LogP contribution in [-0.4, -0.2) is 30.1 Å². The number of para-hydroxylation sites is 1. The van der Waals surface area contributed by atoms with Crippen LogP contribution >= 0.6 is 0 Å². The normalized spacial score (nSPS) is 16.2. The minimum absolute atomic E-state index is 0.0181. The Balaban J connectivity index is 1.73. The number of hydrogen-bond acceptors (Lipinski definition) is 4. The van der Waals surface area contributed by atoms with E-state index in [1.807, 2.05) is 0 Å². The molecule has 1 aliphatic rings. The zero-order valence-electron chi connectivity index (χ0n) is 17.4. The van der Waals surface area contributed by atoms with E-state index in [4.69, 9.17) is 4.74 Å². The van der Waals surface area contributed by atoms with Crippen LogP contribution < -0.4 is 15.5 Å². The van der Waals surface area contributed by atoms with Crippen LogP contribution in [0.2, 0.25) is 0 Å². The summed E-state index contributed by atoms with van der Waals surface area (Å²) in [6.45, 7) is 5.06. The Labute approximate surface area is 178 Å². The van der Waals surface area contributed by atoms with E-state index < -0.39 is 41.1 Å². The van der Waals surface area contributed by atoms with Crippen molar-refractivity contribution in [1.82, 2.24) is 0 Å². The van der Waals surface area contributed by atoms with E-state index in [9.17, 15) is 23.2 Å². The van der Waals surface area contributed by atoms with E-state index in [1.165, 1.54) is 29.2 Å². The van der Waals surface area contributed by atoms with Crippen LogP contribution in [0.3, 0.4) is 0 Å². The van der Waals surface area contributed by atoms with Gasteiger partial charge in [0.25, 0.3) is 0 Å². The van der Waals surface area contributed by atoms with Crippen LogP contribution in [0.15, 0.2) is 42.5 Å². The van der Waals surface area contributed by atoms with Gasteiger partial charge in [-0.25, -0.2) is 13.6 Å². The third kappa shape index (κ3) is 5.56. The van der Waals surface area contributed by atoms with E-state index in [0.717, 1.165) is 12.1 Å². The molecule has 0 aromatic heterocycles. The van der Waals surface area contributed by atoms with Gasteiger partial charge in [-0.05, 0) is 51.1 Å². The first kappa shape index (κ1) is 22.2. The Bertz CT molecular complexity index is 1020. The van der Waals surface area contributed by atoms with Crippen molar-refractivity contribution in [3.8, 4) is 0 Å². The van der Waals surface area contributed by atoms with E-state index in [0.29, 0.717) is 0 Å². The summed E-state index contributed by atoms with van der Waals surface area (Å²) in [5.41, 5.74) is -0.485. The van der Waals surface area contributed by atoms with Crippen molar-refractivity contribution in [1.29, 1.82) is 0 Å². The highest BCUT2D eigenvalue weighted by atomic mass is 19.1. The lowest BCUT2D eigenvalue weighted by molar-refractivity contribution is -0.122. The van der Waals surface area contributed by atoms with Crippen LogP contribution in [0, 0.1) is 17.6 Å². The maximum Gasteiger partial charge on any atom is 0.412 e. The third-order valence-corrected chi connectivity index (χ3v) is 4.51. The second kappa shape index (κ2) is 8.71. The van der Waals surface area contributed by atoms with Gasteiger partial charge in [0.1, 0.15) is 17.2 Å². The SMILES string of the molecule is CC(C)(C)OC(=O)Nc1ccc(F)cc1NC(=O)C1CC(=O)N(c2ccccc2F)C1. The maximum absolute atomic E-state index is 14.0. The minimum atomic E-state index is -0.773. The fourth-order valence-electron chi connectivity index (χ4n) is 3.16. The van der Waals surface area contributed by atoms with Crippen LogP contribution in [0.1, 0.15) is 27.2 Å². The summed E-state index contributed by atoms with van der Waals surface area (Å²) in [4.78, 5) is 38.4. The van der Waals surface area contributed by atoms with Gasteiger partial charge in [0.15, 0.2) is 0 Å². The topological polar surface area (TPSA) is 87.7 Å². The zero-order valence-corrected chi connectivity index (χ0v) is 17.4. The van der Waals surface area contributed by atoms with Crippen molar-refractivity contribution in [2.24, 2.45) is 5.92 Å². The van der Waals surface area contributed by atoms with Crippen molar-refractivity contribution in [3.05, 3.63) is 54.1 Å². The number of carbonyl (C=O) groups excluding carboxylic acids is 3. The van der Waals surface area contributed by atoms with Gasteiger partial charge in [-0.15, -0.1) is 0 Å². The number of anilines is 3. The first-order valence-corrected chi connectivity index (χ1v) is 9.69. The lowest BCUT2D eigenvalue weighted by atomic mass is 10.1. The highest BCUT2D eigenvalue weighted by Gasteiger charge is 2.36. The number of benzene rings is 2. The van der Waals surface area contributed by atoms with E-state index in [-0.39, 0.29) is 30.0 Å². The van der Waals surface area contributed by atoms with Crippen molar-refractivity contribution in [2.45, 2.75) is 32.8 Å². The molecule has 9 heteroatoms. The van der Waals surface area contributed by atoms with Crippen LogP contribution in [0.25, 0.3) is 0 Å². The second-order valence-corrected chi connectivity index (χ2v) is 8.16. The van der Waals surface area contributed by atoms with Gasteiger partial charge in [0.05, 0.1) is 23.0 Å². The van der Waals surface area contributed by atoms with Gasteiger partial charge in [0, 0.05) is 13.0 Å². The first-order valence-electron chi connectivity index (χ1n) is 9.69. The predicted octanol–water partition coefficient (Wildman–Crippen LogP) is 4.30. The average Bonchev–Trinajstić information content (AvgIpc) is 3.04. The number of nitrogens with one attached hydrogen (secondary N) is 2. The minimum Gasteiger partial charge on any atom is -0.444 e. The van der Waals surface area contributed by atoms with Crippen molar-refractivity contribution < 1.29 is 27.9 Å². The van der Waals surface area contributed by atoms with Crippen LogP contribution in [0.4, 0.5) is 30.6 Å². The second-order valence-electron chi connectivity index (χ2n) is 8.16. The molecule has 1 aliphatic heterocycles. The Kier molecular flexibility index (Phi) is 6.24. The standard InChI is InChI=1S/C22H23F2N3O4/c1-22(2,3)31-21(30)26-16-9-8-14(23)11-17(16)25-20(29)13-10-19(28)27(12-13)18-7-5-4-6-15(18)24/h4-9,11,13H,10,12H2,1-3H3,(H,25,29)(H,26,30). The van der Waals surface area contributed by atoms with Gasteiger partial charge >= 0.3 is 6.09 Å². The van der Waals surface area contributed by atoms with E-state index in [1.54, 1.807) is 26.8 Å². The molecule has 1 atom stereocenters. The number of amides is 3. The average molecular weight is 431 g/mol. The van der Waals surface area contributed by atoms with Gasteiger partial charge in [-0.3, -0.25) is 14.9 Å². The zero-order chi connectivity index (χ0) is 22.8. The molecule has 2 aromatic carbocycles. The largest absolute Gasteiger partial charge is 0.444 e.